The topological polar surface area (TPSA) is 54.5 Å². The molecule has 5 nitrogen and oxygen atoms in total. The molecular weight excluding hydrogens is 274 g/mol. The minimum Gasteiger partial charge on any atom is -0.465 e. The summed E-state index contributed by atoms with van der Waals surface area (Å²) in [5, 5.41) is 6.51. The van der Waals surface area contributed by atoms with E-state index in [-0.39, 0.29) is 12.0 Å². The third-order valence-electron chi connectivity index (χ3n) is 3.34. The van der Waals surface area contributed by atoms with Gasteiger partial charge in [0.1, 0.15) is 6.04 Å². The lowest BCUT2D eigenvalue weighted by atomic mass is 10.2. The summed E-state index contributed by atoms with van der Waals surface area (Å²) in [6.45, 7) is 9.68. The van der Waals surface area contributed by atoms with Crippen LogP contribution >= 0.6 is 11.3 Å². The lowest BCUT2D eigenvalue weighted by molar-refractivity contribution is -0.150. The highest BCUT2D eigenvalue weighted by Gasteiger charge is 2.30. The highest BCUT2D eigenvalue weighted by Crippen LogP contribution is 2.21. The summed E-state index contributed by atoms with van der Waals surface area (Å²) in [6.07, 6.45) is 0. The van der Waals surface area contributed by atoms with E-state index in [4.69, 9.17) is 4.74 Å². The highest BCUT2D eigenvalue weighted by molar-refractivity contribution is 7.09. The summed E-state index contributed by atoms with van der Waals surface area (Å²) in [4.78, 5) is 18.8. The Labute approximate surface area is 124 Å². The minimum absolute atomic E-state index is 0.140. The van der Waals surface area contributed by atoms with Crippen molar-refractivity contribution in [2.75, 3.05) is 26.2 Å². The zero-order valence-corrected chi connectivity index (χ0v) is 13.2. The third kappa shape index (κ3) is 3.77. The molecule has 2 heterocycles. The number of carbonyl (C=O) groups is 1. The molecule has 0 saturated carbocycles. The van der Waals surface area contributed by atoms with Gasteiger partial charge in [-0.25, -0.2) is 4.98 Å². The van der Waals surface area contributed by atoms with Crippen molar-refractivity contribution in [2.45, 2.75) is 39.3 Å². The average molecular weight is 297 g/mol. The first-order valence-electron chi connectivity index (χ1n) is 7.17. The number of hydrogen-bond acceptors (Lipinski definition) is 6. The summed E-state index contributed by atoms with van der Waals surface area (Å²) in [5.41, 5.74) is 1.05. The Morgan fingerprint density at radius 2 is 2.45 bits per heavy atom. The van der Waals surface area contributed by atoms with Crippen molar-refractivity contribution < 1.29 is 9.53 Å². The Balaban J connectivity index is 2.02. The first-order chi connectivity index (χ1) is 9.61. The normalized spacial score (nSPS) is 20.3. The van der Waals surface area contributed by atoms with Crippen LogP contribution in [0.5, 0.6) is 0 Å². The number of hydrogen-bond donors (Lipinski definition) is 1. The molecular formula is C14H23N3O2S. The van der Waals surface area contributed by atoms with Gasteiger partial charge in [0.05, 0.1) is 17.3 Å². The van der Waals surface area contributed by atoms with Crippen LogP contribution in [-0.4, -0.2) is 48.1 Å². The van der Waals surface area contributed by atoms with E-state index >= 15 is 0 Å². The van der Waals surface area contributed by atoms with Crippen molar-refractivity contribution in [3.8, 4) is 0 Å². The van der Waals surface area contributed by atoms with E-state index in [1.54, 1.807) is 11.3 Å². The van der Waals surface area contributed by atoms with E-state index < -0.39 is 0 Å². The van der Waals surface area contributed by atoms with Crippen molar-refractivity contribution in [1.82, 2.24) is 15.2 Å². The lowest BCUT2D eigenvalue weighted by Crippen LogP contribution is -2.54. The maximum absolute atomic E-state index is 12.0. The average Bonchev–Trinajstić information content (AvgIpc) is 2.88. The molecule has 1 saturated heterocycles. The molecule has 0 aliphatic carbocycles. The second-order valence-electron chi connectivity index (χ2n) is 5.27. The largest absolute Gasteiger partial charge is 0.465 e. The van der Waals surface area contributed by atoms with Gasteiger partial charge in [-0.05, 0) is 6.92 Å². The number of nitrogens with zero attached hydrogens (tertiary/aromatic N) is 2. The minimum atomic E-state index is -0.201. The number of esters is 1. The van der Waals surface area contributed by atoms with Crippen LogP contribution in [0.3, 0.4) is 0 Å². The van der Waals surface area contributed by atoms with Crippen LogP contribution in [-0.2, 0) is 16.1 Å². The van der Waals surface area contributed by atoms with Gasteiger partial charge in [0.2, 0.25) is 0 Å². The molecule has 1 aromatic heterocycles. The molecule has 1 N–H and O–H groups in total. The Morgan fingerprint density at radius 1 is 1.65 bits per heavy atom. The molecule has 1 atom stereocenters. The molecule has 0 spiro atoms. The van der Waals surface area contributed by atoms with Crippen LogP contribution in [0.25, 0.3) is 0 Å². The maximum Gasteiger partial charge on any atom is 0.324 e. The van der Waals surface area contributed by atoms with E-state index in [1.807, 2.05) is 6.92 Å². The van der Waals surface area contributed by atoms with Gasteiger partial charge in [0.25, 0.3) is 0 Å². The van der Waals surface area contributed by atoms with Crippen LogP contribution in [0, 0.1) is 0 Å². The predicted octanol–water partition coefficient (Wildman–Crippen LogP) is 1.60. The van der Waals surface area contributed by atoms with Gasteiger partial charge >= 0.3 is 5.97 Å². The fourth-order valence-corrected chi connectivity index (χ4v) is 3.10. The van der Waals surface area contributed by atoms with E-state index in [0.717, 1.165) is 23.8 Å². The van der Waals surface area contributed by atoms with Crippen LogP contribution in [0.2, 0.25) is 0 Å². The van der Waals surface area contributed by atoms with Gasteiger partial charge in [-0.15, -0.1) is 11.3 Å². The molecule has 1 aromatic rings. The van der Waals surface area contributed by atoms with Crippen molar-refractivity contribution in [1.29, 1.82) is 0 Å². The molecule has 1 aliphatic heterocycles. The SMILES string of the molecule is CCOC(=O)C1CNCCN1Cc1csc(C(C)C)n1. The van der Waals surface area contributed by atoms with Crippen molar-refractivity contribution in [2.24, 2.45) is 0 Å². The maximum atomic E-state index is 12.0. The number of rotatable bonds is 5. The van der Waals surface area contributed by atoms with Crippen LogP contribution in [0.15, 0.2) is 5.38 Å². The Bertz CT molecular complexity index is 447. The van der Waals surface area contributed by atoms with Crippen LogP contribution in [0.4, 0.5) is 0 Å². The fourth-order valence-electron chi connectivity index (χ4n) is 2.28. The van der Waals surface area contributed by atoms with Crippen LogP contribution in [0.1, 0.15) is 37.4 Å². The number of piperazine rings is 1. The molecule has 1 unspecified atom stereocenters. The quantitative estimate of drug-likeness (QED) is 0.837. The molecule has 0 amide bonds. The molecule has 1 fully saturated rings. The number of aromatic nitrogens is 1. The third-order valence-corrected chi connectivity index (χ3v) is 4.54. The first-order valence-corrected chi connectivity index (χ1v) is 8.05. The van der Waals surface area contributed by atoms with Gasteiger partial charge in [0, 0.05) is 37.5 Å². The Morgan fingerprint density at radius 3 is 3.10 bits per heavy atom. The monoisotopic (exact) mass is 297 g/mol. The van der Waals surface area contributed by atoms with Crippen molar-refractivity contribution >= 4 is 17.3 Å². The number of nitrogens with one attached hydrogen (secondary N) is 1. The van der Waals surface area contributed by atoms with Gasteiger partial charge in [-0.2, -0.15) is 0 Å². The second-order valence-corrected chi connectivity index (χ2v) is 6.16. The molecule has 1 aliphatic rings. The predicted molar refractivity (Wildman–Crippen MR) is 79.9 cm³/mol. The Kier molecular flexibility index (Phi) is 5.51. The van der Waals surface area contributed by atoms with Crippen molar-refractivity contribution in [3.05, 3.63) is 16.1 Å². The summed E-state index contributed by atoms with van der Waals surface area (Å²) in [5.74, 6) is 0.316. The molecule has 0 aromatic carbocycles. The molecule has 20 heavy (non-hydrogen) atoms. The lowest BCUT2D eigenvalue weighted by Gasteiger charge is -2.33. The molecule has 6 heteroatoms. The zero-order chi connectivity index (χ0) is 14.5. The van der Waals surface area contributed by atoms with Gasteiger partial charge in [-0.3, -0.25) is 9.69 Å². The molecule has 2 rings (SSSR count). The first kappa shape index (κ1) is 15.4. The zero-order valence-electron chi connectivity index (χ0n) is 12.4. The highest BCUT2D eigenvalue weighted by atomic mass is 32.1. The standard InChI is InChI=1S/C14H23N3O2S/c1-4-19-14(18)12-7-15-5-6-17(12)8-11-9-20-13(16-11)10(2)3/h9-10,12,15H,4-8H2,1-3H3. The van der Waals surface area contributed by atoms with E-state index in [2.05, 4.69) is 34.4 Å². The number of thiazole rings is 1. The van der Waals surface area contributed by atoms with Gasteiger partial charge in [-0.1, -0.05) is 13.8 Å². The smallest absolute Gasteiger partial charge is 0.324 e. The number of ether oxygens (including phenoxy) is 1. The molecule has 0 bridgehead atoms. The van der Waals surface area contributed by atoms with E-state index in [9.17, 15) is 4.79 Å². The second kappa shape index (κ2) is 7.15. The molecule has 0 radical (unpaired) electrons. The van der Waals surface area contributed by atoms with Gasteiger partial charge < -0.3 is 10.1 Å². The van der Waals surface area contributed by atoms with E-state index in [0.29, 0.717) is 25.6 Å². The summed E-state index contributed by atoms with van der Waals surface area (Å²) in [6, 6.07) is -0.201. The van der Waals surface area contributed by atoms with E-state index in [1.165, 1.54) is 0 Å². The van der Waals surface area contributed by atoms with Crippen LogP contribution < -0.4 is 5.32 Å². The number of carbonyl (C=O) groups excluding carboxylic acids is 1. The summed E-state index contributed by atoms with van der Waals surface area (Å²) >= 11 is 1.70. The fraction of sp³-hybridized carbons (Fsp3) is 0.714. The molecule has 112 valence electrons. The summed E-state index contributed by atoms with van der Waals surface area (Å²) in [7, 11) is 0. The Hall–Kier alpha value is -0.980. The summed E-state index contributed by atoms with van der Waals surface area (Å²) < 4.78 is 5.15. The van der Waals surface area contributed by atoms with Crippen molar-refractivity contribution in [3.63, 3.8) is 0 Å². The van der Waals surface area contributed by atoms with Gasteiger partial charge in [0.15, 0.2) is 0 Å².